The second-order valence-electron chi connectivity index (χ2n) is 10.5. The summed E-state index contributed by atoms with van der Waals surface area (Å²) in [5.74, 6) is -2.12. The molecule has 2 aromatic carbocycles. The minimum absolute atomic E-state index is 0.0901. The zero-order chi connectivity index (χ0) is 33.4. The molecule has 0 fully saturated rings. The molecule has 4 N–H and O–H groups in total. The van der Waals surface area contributed by atoms with Crippen LogP contribution in [0.5, 0.6) is 5.75 Å². The fraction of sp³-hybridized carbons (Fsp3) is 0.516. The summed E-state index contributed by atoms with van der Waals surface area (Å²) in [7, 11) is 1.50. The van der Waals surface area contributed by atoms with Crippen molar-refractivity contribution < 1.29 is 46.9 Å². The maximum absolute atomic E-state index is 13.6. The molecule has 0 saturated heterocycles. The molecule has 0 radical (unpaired) electrons. The van der Waals surface area contributed by atoms with Crippen LogP contribution in [-0.2, 0) is 43.0 Å². The Morgan fingerprint density at radius 2 is 1.67 bits per heavy atom. The van der Waals surface area contributed by atoms with Crippen molar-refractivity contribution in [1.82, 2.24) is 16.0 Å². The van der Waals surface area contributed by atoms with Crippen molar-refractivity contribution in [1.29, 1.82) is 0 Å². The molecule has 0 aliphatic rings. The summed E-state index contributed by atoms with van der Waals surface area (Å²) in [5.41, 5.74) is 0.00307. The quantitative estimate of drug-likeness (QED) is 0.124. The predicted molar refractivity (Wildman–Crippen MR) is 165 cm³/mol. The van der Waals surface area contributed by atoms with Gasteiger partial charge in [0.2, 0.25) is 11.8 Å². The predicted octanol–water partition coefficient (Wildman–Crippen LogP) is 3.87. The molecule has 0 aliphatic carbocycles. The van der Waals surface area contributed by atoms with Gasteiger partial charge in [-0.1, -0.05) is 44.2 Å². The van der Waals surface area contributed by atoms with Gasteiger partial charge in [0.1, 0.15) is 17.8 Å². The van der Waals surface area contributed by atoms with E-state index in [2.05, 4.69) is 16.0 Å². The molecule has 0 aromatic heterocycles. The number of aliphatic carboxylic acids is 1. The first-order valence-corrected chi connectivity index (χ1v) is 15.8. The molecular weight excluding hydrogens is 615 g/mol. The average Bonchev–Trinajstić information content (AvgIpc) is 2.99. The third-order valence-electron chi connectivity index (χ3n) is 6.72. The number of carboxylic acid groups (broad SMARTS) is 1. The minimum atomic E-state index is -4.60. The van der Waals surface area contributed by atoms with Gasteiger partial charge in [0, 0.05) is 25.6 Å². The highest BCUT2D eigenvalue weighted by atomic mass is 32.2. The number of carbonyl (C=O) groups excluding carboxylic acids is 2. The average molecular weight is 658 g/mol. The zero-order valence-electron chi connectivity index (χ0n) is 25.8. The van der Waals surface area contributed by atoms with E-state index in [-0.39, 0.29) is 50.0 Å². The van der Waals surface area contributed by atoms with Crippen molar-refractivity contribution in [3.05, 3.63) is 65.2 Å². The van der Waals surface area contributed by atoms with Gasteiger partial charge >= 0.3 is 12.1 Å². The standard InChI is InChI=1S/C31H42F3N3O7S/c1-20(2)27(35-18-22-17-23(31(32,33)34)10-11-26(22)44-19-43-14-13-42-3)29(39)37-25(16-21-8-6-5-7-9-21)28(38)36-24(30(40)41)12-15-45-4/h5-11,17,20,24-25,27,35H,12-16,18-19H2,1-4H3,(H,36,38)(H,37,39)(H,40,41)/t24-,25-,27-/m0/s1. The summed E-state index contributed by atoms with van der Waals surface area (Å²) in [4.78, 5) is 38.7. The van der Waals surface area contributed by atoms with Crippen LogP contribution in [0.25, 0.3) is 0 Å². The second-order valence-corrected chi connectivity index (χ2v) is 11.5. The van der Waals surface area contributed by atoms with Crippen molar-refractivity contribution in [3.63, 3.8) is 0 Å². The molecule has 14 heteroatoms. The molecule has 0 saturated carbocycles. The molecule has 2 rings (SSSR count). The van der Waals surface area contributed by atoms with Crippen LogP contribution in [0.1, 0.15) is 37.0 Å². The summed E-state index contributed by atoms with van der Waals surface area (Å²) in [6.07, 6.45) is -2.49. The van der Waals surface area contributed by atoms with Crippen LogP contribution < -0.4 is 20.7 Å². The Labute approximate surface area is 265 Å². The lowest BCUT2D eigenvalue weighted by atomic mass is 10.00. The number of hydrogen-bond donors (Lipinski definition) is 4. The Hall–Kier alpha value is -3.33. The first-order chi connectivity index (χ1) is 21.4. The molecule has 0 heterocycles. The lowest BCUT2D eigenvalue weighted by Gasteiger charge is -2.27. The highest BCUT2D eigenvalue weighted by molar-refractivity contribution is 7.98. The normalized spacial score (nSPS) is 13.6. The molecule has 0 aliphatic heterocycles. The molecular formula is C31H42F3N3O7S. The monoisotopic (exact) mass is 657 g/mol. The molecule has 2 amide bonds. The summed E-state index contributed by atoms with van der Waals surface area (Å²) in [5, 5.41) is 17.9. The first-order valence-electron chi connectivity index (χ1n) is 14.4. The number of benzene rings is 2. The Bertz CT molecular complexity index is 1220. The van der Waals surface area contributed by atoms with Gasteiger partial charge in [-0.15, -0.1) is 0 Å². The molecule has 10 nitrogen and oxygen atoms in total. The SMILES string of the molecule is COCCOCOc1ccc(C(F)(F)F)cc1CN[C@H](C(=O)N[C@@H](Cc1ccccc1)C(=O)N[C@@H](CCSC)C(=O)O)C(C)C. The molecule has 0 spiro atoms. The fourth-order valence-corrected chi connectivity index (χ4v) is 4.75. The van der Waals surface area contributed by atoms with Crippen LogP contribution >= 0.6 is 11.8 Å². The van der Waals surface area contributed by atoms with E-state index in [0.717, 1.165) is 17.7 Å². The summed E-state index contributed by atoms with van der Waals surface area (Å²) in [6.45, 7) is 3.65. The zero-order valence-corrected chi connectivity index (χ0v) is 26.6. The number of ether oxygens (including phenoxy) is 3. The van der Waals surface area contributed by atoms with Crippen molar-refractivity contribution in [2.75, 3.05) is 39.1 Å². The number of carboxylic acids is 1. The highest BCUT2D eigenvalue weighted by Crippen LogP contribution is 2.32. The molecule has 45 heavy (non-hydrogen) atoms. The van der Waals surface area contributed by atoms with Crippen molar-refractivity contribution in [2.45, 2.75) is 57.5 Å². The van der Waals surface area contributed by atoms with E-state index in [4.69, 9.17) is 14.2 Å². The number of alkyl halides is 3. The van der Waals surface area contributed by atoms with E-state index in [0.29, 0.717) is 12.4 Å². The smallest absolute Gasteiger partial charge is 0.416 e. The summed E-state index contributed by atoms with van der Waals surface area (Å²) >= 11 is 1.44. The molecule has 0 unspecified atom stereocenters. The van der Waals surface area contributed by atoms with Crippen molar-refractivity contribution in [3.8, 4) is 5.75 Å². The van der Waals surface area contributed by atoms with Crippen LogP contribution in [0.3, 0.4) is 0 Å². The molecule has 2 aromatic rings. The van der Waals surface area contributed by atoms with E-state index in [1.807, 2.05) is 6.26 Å². The fourth-order valence-electron chi connectivity index (χ4n) is 4.28. The number of thioether (sulfide) groups is 1. The number of amides is 2. The number of rotatable bonds is 20. The van der Waals surface area contributed by atoms with E-state index in [1.165, 1.54) is 24.9 Å². The third kappa shape index (κ3) is 13.3. The van der Waals surface area contributed by atoms with Crippen molar-refractivity contribution >= 4 is 29.5 Å². The highest BCUT2D eigenvalue weighted by Gasteiger charge is 2.33. The van der Waals surface area contributed by atoms with Crippen LogP contribution in [0, 0.1) is 5.92 Å². The lowest BCUT2D eigenvalue weighted by molar-refractivity contribution is -0.142. The van der Waals surface area contributed by atoms with Gasteiger partial charge in [-0.25, -0.2) is 4.79 Å². The maximum atomic E-state index is 13.6. The van der Waals surface area contributed by atoms with E-state index in [1.54, 1.807) is 44.2 Å². The van der Waals surface area contributed by atoms with Crippen molar-refractivity contribution in [2.24, 2.45) is 5.92 Å². The van der Waals surface area contributed by atoms with Gasteiger partial charge in [0.25, 0.3) is 0 Å². The van der Waals surface area contributed by atoms with E-state index < -0.39 is 47.6 Å². The topological polar surface area (TPSA) is 135 Å². The largest absolute Gasteiger partial charge is 0.480 e. The molecule has 250 valence electrons. The van der Waals surface area contributed by atoms with Gasteiger partial charge in [0.05, 0.1) is 24.8 Å². The van der Waals surface area contributed by atoms with Gasteiger partial charge < -0.3 is 35.3 Å². The Morgan fingerprint density at radius 1 is 0.978 bits per heavy atom. The number of hydrogen-bond acceptors (Lipinski definition) is 8. The van der Waals surface area contributed by atoms with Gasteiger partial charge in [-0.3, -0.25) is 9.59 Å². The van der Waals surface area contributed by atoms with E-state index in [9.17, 15) is 32.7 Å². The van der Waals surface area contributed by atoms with Gasteiger partial charge in [0.15, 0.2) is 6.79 Å². The first kappa shape index (κ1) is 37.9. The van der Waals surface area contributed by atoms with Gasteiger partial charge in [-0.2, -0.15) is 24.9 Å². The lowest BCUT2D eigenvalue weighted by Crippen LogP contribution is -2.56. The maximum Gasteiger partial charge on any atom is 0.416 e. The van der Waals surface area contributed by atoms with E-state index >= 15 is 0 Å². The van der Waals surface area contributed by atoms with Crippen LogP contribution in [-0.4, -0.2) is 80.1 Å². The Morgan fingerprint density at radius 3 is 2.27 bits per heavy atom. The third-order valence-corrected chi connectivity index (χ3v) is 7.36. The number of halogens is 3. The Balaban J connectivity index is 2.26. The van der Waals surface area contributed by atoms with Gasteiger partial charge in [-0.05, 0) is 48.1 Å². The number of carbonyl (C=O) groups is 3. The van der Waals surface area contributed by atoms with Crippen LogP contribution in [0.2, 0.25) is 0 Å². The number of nitrogens with one attached hydrogen (secondary N) is 3. The Kier molecular flexibility index (Phi) is 16.2. The summed E-state index contributed by atoms with van der Waals surface area (Å²) < 4.78 is 56.3. The van der Waals surface area contributed by atoms with Crippen LogP contribution in [0.15, 0.2) is 48.5 Å². The van der Waals surface area contributed by atoms with Crippen LogP contribution in [0.4, 0.5) is 13.2 Å². The molecule has 3 atom stereocenters. The number of methoxy groups -OCH3 is 1. The minimum Gasteiger partial charge on any atom is -0.480 e. The summed E-state index contributed by atoms with van der Waals surface area (Å²) in [6, 6.07) is 8.77. The molecule has 0 bridgehead atoms. The second kappa shape index (κ2) is 19.2.